The van der Waals surface area contributed by atoms with Gasteiger partial charge in [0.05, 0.1) is 5.75 Å². The van der Waals surface area contributed by atoms with E-state index in [0.717, 1.165) is 5.56 Å². The number of halogens is 1. The molecule has 2 nitrogen and oxygen atoms in total. The molecule has 1 rings (SSSR count). The number of hydrogen-bond acceptors (Lipinski definition) is 2. The van der Waals surface area contributed by atoms with Gasteiger partial charge in [-0.15, -0.1) is 0 Å². The van der Waals surface area contributed by atoms with Crippen LogP contribution in [-0.4, -0.2) is 20.4 Å². The van der Waals surface area contributed by atoms with E-state index < -0.39 is 9.84 Å². The highest BCUT2D eigenvalue weighted by atomic mass is 35.5. The van der Waals surface area contributed by atoms with Crippen LogP contribution in [0.15, 0.2) is 24.3 Å². The van der Waals surface area contributed by atoms with Crippen molar-refractivity contribution in [2.45, 2.75) is 6.42 Å². The summed E-state index contributed by atoms with van der Waals surface area (Å²) in [5.74, 6) is 0.150. The summed E-state index contributed by atoms with van der Waals surface area (Å²) in [4.78, 5) is 0. The number of hydrogen-bond donors (Lipinski definition) is 0. The third-order valence-electron chi connectivity index (χ3n) is 1.70. The molecule has 72 valence electrons. The maximum atomic E-state index is 10.9. The van der Waals surface area contributed by atoms with E-state index in [1.165, 1.54) is 6.26 Å². The number of aryl methyl sites for hydroxylation is 1. The van der Waals surface area contributed by atoms with Gasteiger partial charge in [0, 0.05) is 11.3 Å². The predicted octanol–water partition coefficient (Wildman–Crippen LogP) is 1.93. The monoisotopic (exact) mass is 218 g/mol. The maximum Gasteiger partial charge on any atom is 0.147 e. The van der Waals surface area contributed by atoms with Crippen LogP contribution in [0.2, 0.25) is 5.02 Å². The van der Waals surface area contributed by atoms with Gasteiger partial charge in [-0.1, -0.05) is 29.8 Å². The molecule has 0 saturated heterocycles. The van der Waals surface area contributed by atoms with Crippen LogP contribution in [0.3, 0.4) is 0 Å². The second kappa shape index (κ2) is 4.11. The molecule has 4 heteroatoms. The lowest BCUT2D eigenvalue weighted by Gasteiger charge is -2.01. The van der Waals surface area contributed by atoms with Gasteiger partial charge in [-0.3, -0.25) is 0 Å². The van der Waals surface area contributed by atoms with Gasteiger partial charge in [-0.05, 0) is 18.1 Å². The summed E-state index contributed by atoms with van der Waals surface area (Å²) in [6.45, 7) is 0. The second-order valence-corrected chi connectivity index (χ2v) is 5.64. The zero-order valence-corrected chi connectivity index (χ0v) is 8.90. The van der Waals surface area contributed by atoms with Crippen LogP contribution in [0.1, 0.15) is 5.56 Å². The van der Waals surface area contributed by atoms with Crippen molar-refractivity contribution in [3.8, 4) is 0 Å². The lowest BCUT2D eigenvalue weighted by Crippen LogP contribution is -2.05. The van der Waals surface area contributed by atoms with Crippen molar-refractivity contribution in [1.82, 2.24) is 0 Å². The molecule has 1 aromatic rings. The van der Waals surface area contributed by atoms with Gasteiger partial charge in [-0.2, -0.15) is 0 Å². The van der Waals surface area contributed by atoms with E-state index in [2.05, 4.69) is 0 Å². The van der Waals surface area contributed by atoms with E-state index in [1.807, 2.05) is 18.2 Å². The zero-order chi connectivity index (χ0) is 9.90. The summed E-state index contributed by atoms with van der Waals surface area (Å²) >= 11 is 5.86. The largest absolute Gasteiger partial charge is 0.229 e. The highest BCUT2D eigenvalue weighted by molar-refractivity contribution is 7.90. The third kappa shape index (κ3) is 3.79. The fourth-order valence-corrected chi connectivity index (χ4v) is 1.82. The first-order valence-electron chi connectivity index (χ1n) is 3.90. The lowest BCUT2D eigenvalue weighted by molar-refractivity contribution is 0.601. The normalized spacial score (nSPS) is 11.5. The molecule has 0 saturated carbocycles. The standard InChI is InChI=1S/C9H11ClO2S/c1-13(11,12)7-6-8-4-2-3-5-9(8)10/h2-5H,6-7H2,1H3. The van der Waals surface area contributed by atoms with E-state index in [-0.39, 0.29) is 5.75 Å². The molecule has 0 aliphatic rings. The molecule has 0 atom stereocenters. The molecule has 0 aliphatic heterocycles. The Kier molecular flexibility index (Phi) is 3.33. The van der Waals surface area contributed by atoms with Crippen LogP contribution in [0.25, 0.3) is 0 Å². The number of sulfone groups is 1. The second-order valence-electron chi connectivity index (χ2n) is 2.97. The molecule has 0 aliphatic carbocycles. The van der Waals surface area contributed by atoms with E-state index >= 15 is 0 Å². The Hall–Kier alpha value is -0.540. The molecule has 0 fully saturated rings. The maximum absolute atomic E-state index is 10.9. The van der Waals surface area contributed by atoms with Gasteiger partial charge in [0.15, 0.2) is 0 Å². The van der Waals surface area contributed by atoms with Crippen molar-refractivity contribution in [2.75, 3.05) is 12.0 Å². The first-order valence-corrected chi connectivity index (χ1v) is 6.34. The minimum Gasteiger partial charge on any atom is -0.229 e. The summed E-state index contributed by atoms with van der Waals surface area (Å²) in [6.07, 6.45) is 1.71. The first kappa shape index (κ1) is 10.5. The fraction of sp³-hybridized carbons (Fsp3) is 0.333. The van der Waals surface area contributed by atoms with Crippen molar-refractivity contribution in [3.63, 3.8) is 0 Å². The third-order valence-corrected chi connectivity index (χ3v) is 3.01. The molecular formula is C9H11ClO2S. The lowest BCUT2D eigenvalue weighted by atomic mass is 10.2. The molecule has 0 aromatic heterocycles. The summed E-state index contributed by atoms with van der Waals surface area (Å²) in [5.41, 5.74) is 0.884. The minimum atomic E-state index is -2.90. The number of benzene rings is 1. The van der Waals surface area contributed by atoms with Crippen LogP contribution in [0.5, 0.6) is 0 Å². The zero-order valence-electron chi connectivity index (χ0n) is 7.33. The van der Waals surface area contributed by atoms with Crippen molar-refractivity contribution >= 4 is 21.4 Å². The van der Waals surface area contributed by atoms with Gasteiger partial charge < -0.3 is 0 Å². The van der Waals surface area contributed by atoms with Crippen molar-refractivity contribution in [1.29, 1.82) is 0 Å². The van der Waals surface area contributed by atoms with Gasteiger partial charge >= 0.3 is 0 Å². The number of rotatable bonds is 3. The van der Waals surface area contributed by atoms with E-state index in [0.29, 0.717) is 11.4 Å². The van der Waals surface area contributed by atoms with Gasteiger partial charge in [0.2, 0.25) is 0 Å². The quantitative estimate of drug-likeness (QED) is 0.777. The van der Waals surface area contributed by atoms with E-state index in [9.17, 15) is 8.42 Å². The Morgan fingerprint density at radius 1 is 1.31 bits per heavy atom. The van der Waals surface area contributed by atoms with Gasteiger partial charge in [0.25, 0.3) is 0 Å². The Labute approximate surface area is 83.5 Å². The van der Waals surface area contributed by atoms with Crippen molar-refractivity contribution < 1.29 is 8.42 Å². The smallest absolute Gasteiger partial charge is 0.147 e. The fourth-order valence-electron chi connectivity index (χ4n) is 0.996. The van der Waals surface area contributed by atoms with Crippen LogP contribution in [-0.2, 0) is 16.3 Å². The van der Waals surface area contributed by atoms with Crippen molar-refractivity contribution in [2.24, 2.45) is 0 Å². The van der Waals surface area contributed by atoms with Crippen LogP contribution < -0.4 is 0 Å². The van der Waals surface area contributed by atoms with Crippen LogP contribution in [0.4, 0.5) is 0 Å². The molecule has 13 heavy (non-hydrogen) atoms. The first-order chi connectivity index (χ1) is 5.99. The molecule has 0 unspecified atom stereocenters. The molecule has 0 bridgehead atoms. The molecule has 0 radical (unpaired) electrons. The Morgan fingerprint density at radius 3 is 2.46 bits per heavy atom. The predicted molar refractivity (Wildman–Crippen MR) is 54.9 cm³/mol. The molecular weight excluding hydrogens is 208 g/mol. The average molecular weight is 219 g/mol. The molecule has 0 heterocycles. The molecule has 1 aromatic carbocycles. The van der Waals surface area contributed by atoms with E-state index in [1.54, 1.807) is 6.07 Å². The summed E-state index contributed by atoms with van der Waals surface area (Å²) in [7, 11) is -2.90. The molecule has 0 amide bonds. The summed E-state index contributed by atoms with van der Waals surface area (Å²) in [5, 5.41) is 0.631. The van der Waals surface area contributed by atoms with Crippen LogP contribution >= 0.6 is 11.6 Å². The Morgan fingerprint density at radius 2 is 1.92 bits per heavy atom. The Balaban J connectivity index is 2.71. The molecule has 0 spiro atoms. The summed E-state index contributed by atoms with van der Waals surface area (Å²) < 4.78 is 21.7. The average Bonchev–Trinajstić information content (AvgIpc) is 2.01. The van der Waals surface area contributed by atoms with Crippen LogP contribution in [0, 0.1) is 0 Å². The van der Waals surface area contributed by atoms with Gasteiger partial charge in [0.1, 0.15) is 9.84 Å². The topological polar surface area (TPSA) is 34.1 Å². The highest BCUT2D eigenvalue weighted by Crippen LogP contribution is 2.15. The van der Waals surface area contributed by atoms with Gasteiger partial charge in [-0.25, -0.2) is 8.42 Å². The minimum absolute atomic E-state index is 0.150. The highest BCUT2D eigenvalue weighted by Gasteiger charge is 2.04. The summed E-state index contributed by atoms with van der Waals surface area (Å²) in [6, 6.07) is 7.28. The van der Waals surface area contributed by atoms with E-state index in [4.69, 9.17) is 11.6 Å². The van der Waals surface area contributed by atoms with Crippen molar-refractivity contribution in [3.05, 3.63) is 34.9 Å². The SMILES string of the molecule is CS(=O)(=O)CCc1ccccc1Cl. The molecule has 0 N–H and O–H groups in total. The Bertz CT molecular complexity index is 384.